The molecule has 134 valence electrons. The van der Waals surface area contributed by atoms with Crippen LogP contribution in [0.1, 0.15) is 5.56 Å². The number of nitrogens with zero attached hydrogens (tertiary/aromatic N) is 3. The summed E-state index contributed by atoms with van der Waals surface area (Å²) in [5.41, 5.74) is 2.13. The standard InChI is InChI=1S/C19H20N4O2S/c1-23(14-11-16-9-12-20-13-10-16)17-7-8-19(21-15-17)22-26(24,25)18-5-3-2-4-6-18/h2-10,12-13,15H,11,14H2,1H3,(H,21,22). The Balaban J connectivity index is 1.63. The predicted octanol–water partition coefficient (Wildman–Crippen LogP) is 2.96. The molecule has 3 rings (SSSR count). The van der Waals surface area contributed by atoms with Gasteiger partial charge in [-0.3, -0.25) is 9.71 Å². The minimum absolute atomic E-state index is 0.209. The zero-order valence-electron chi connectivity index (χ0n) is 14.4. The van der Waals surface area contributed by atoms with E-state index in [-0.39, 0.29) is 4.90 Å². The third-order valence-electron chi connectivity index (χ3n) is 3.97. The van der Waals surface area contributed by atoms with Gasteiger partial charge in [0.15, 0.2) is 0 Å². The number of aromatic nitrogens is 2. The van der Waals surface area contributed by atoms with Crippen LogP contribution in [-0.2, 0) is 16.4 Å². The van der Waals surface area contributed by atoms with Crippen LogP contribution in [0.25, 0.3) is 0 Å². The zero-order valence-corrected chi connectivity index (χ0v) is 15.2. The lowest BCUT2D eigenvalue weighted by atomic mass is 10.2. The predicted molar refractivity (Wildman–Crippen MR) is 103 cm³/mol. The quantitative estimate of drug-likeness (QED) is 0.694. The topological polar surface area (TPSA) is 75.2 Å². The molecule has 1 aromatic carbocycles. The van der Waals surface area contributed by atoms with Crippen molar-refractivity contribution in [1.82, 2.24) is 9.97 Å². The van der Waals surface area contributed by atoms with E-state index in [0.29, 0.717) is 5.82 Å². The van der Waals surface area contributed by atoms with Crippen LogP contribution in [-0.4, -0.2) is 32.0 Å². The third kappa shape index (κ3) is 4.58. The van der Waals surface area contributed by atoms with Gasteiger partial charge in [-0.1, -0.05) is 18.2 Å². The number of hydrogen-bond donors (Lipinski definition) is 1. The SMILES string of the molecule is CN(CCc1ccncc1)c1ccc(NS(=O)(=O)c2ccccc2)nc1. The van der Waals surface area contributed by atoms with Gasteiger partial charge in [0, 0.05) is 26.0 Å². The molecular weight excluding hydrogens is 348 g/mol. The fraction of sp³-hybridized carbons (Fsp3) is 0.158. The summed E-state index contributed by atoms with van der Waals surface area (Å²) in [6.45, 7) is 0.820. The number of hydrogen-bond acceptors (Lipinski definition) is 5. The summed E-state index contributed by atoms with van der Waals surface area (Å²) in [5, 5.41) is 0. The van der Waals surface area contributed by atoms with E-state index in [1.807, 2.05) is 25.2 Å². The molecule has 0 amide bonds. The van der Waals surface area contributed by atoms with Gasteiger partial charge < -0.3 is 4.90 Å². The number of benzene rings is 1. The van der Waals surface area contributed by atoms with Crippen molar-refractivity contribution >= 4 is 21.5 Å². The zero-order chi connectivity index (χ0) is 18.4. The Morgan fingerprint density at radius 1 is 1.00 bits per heavy atom. The second kappa shape index (κ2) is 7.97. The molecule has 26 heavy (non-hydrogen) atoms. The van der Waals surface area contributed by atoms with Crippen LogP contribution < -0.4 is 9.62 Å². The molecule has 0 saturated heterocycles. The Bertz CT molecular complexity index is 930. The Hall–Kier alpha value is -2.93. The number of nitrogens with one attached hydrogen (secondary N) is 1. The third-order valence-corrected chi connectivity index (χ3v) is 5.34. The minimum atomic E-state index is -3.62. The second-order valence-electron chi connectivity index (χ2n) is 5.85. The van der Waals surface area contributed by atoms with Crippen molar-refractivity contribution < 1.29 is 8.42 Å². The van der Waals surface area contributed by atoms with E-state index in [2.05, 4.69) is 19.6 Å². The normalized spacial score (nSPS) is 11.1. The molecule has 0 radical (unpaired) electrons. The van der Waals surface area contributed by atoms with E-state index in [4.69, 9.17) is 0 Å². The summed E-state index contributed by atoms with van der Waals surface area (Å²) in [4.78, 5) is 10.5. The highest BCUT2D eigenvalue weighted by molar-refractivity contribution is 7.92. The van der Waals surface area contributed by atoms with Crippen LogP contribution in [0.5, 0.6) is 0 Å². The number of pyridine rings is 2. The fourth-order valence-electron chi connectivity index (χ4n) is 2.44. The van der Waals surface area contributed by atoms with Crippen LogP contribution >= 0.6 is 0 Å². The highest BCUT2D eigenvalue weighted by atomic mass is 32.2. The molecule has 0 bridgehead atoms. The van der Waals surface area contributed by atoms with Crippen molar-refractivity contribution in [1.29, 1.82) is 0 Å². The average Bonchev–Trinajstić information content (AvgIpc) is 2.68. The molecule has 0 aliphatic rings. The van der Waals surface area contributed by atoms with Gasteiger partial charge in [0.25, 0.3) is 10.0 Å². The van der Waals surface area contributed by atoms with Crippen molar-refractivity contribution in [2.75, 3.05) is 23.2 Å². The summed E-state index contributed by atoms with van der Waals surface area (Å²) >= 11 is 0. The number of anilines is 2. The average molecular weight is 368 g/mol. The highest BCUT2D eigenvalue weighted by Crippen LogP contribution is 2.17. The van der Waals surface area contributed by atoms with Crippen molar-refractivity contribution in [3.63, 3.8) is 0 Å². The number of sulfonamides is 1. The van der Waals surface area contributed by atoms with Crippen molar-refractivity contribution in [2.24, 2.45) is 0 Å². The molecule has 2 heterocycles. The summed E-state index contributed by atoms with van der Waals surface area (Å²) in [5.74, 6) is 0.292. The Labute approximate surface area is 153 Å². The first-order chi connectivity index (χ1) is 12.5. The lowest BCUT2D eigenvalue weighted by molar-refractivity contribution is 0.601. The van der Waals surface area contributed by atoms with Gasteiger partial charge >= 0.3 is 0 Å². The first kappa shape index (κ1) is 17.9. The lowest BCUT2D eigenvalue weighted by Gasteiger charge is -2.19. The highest BCUT2D eigenvalue weighted by Gasteiger charge is 2.14. The van der Waals surface area contributed by atoms with E-state index in [1.165, 1.54) is 5.56 Å². The monoisotopic (exact) mass is 368 g/mol. The molecule has 0 atom stereocenters. The Morgan fingerprint density at radius 2 is 1.73 bits per heavy atom. The van der Waals surface area contributed by atoms with Gasteiger partial charge in [-0.05, 0) is 48.4 Å². The maximum Gasteiger partial charge on any atom is 0.263 e. The van der Waals surface area contributed by atoms with Gasteiger partial charge in [-0.25, -0.2) is 13.4 Å². The molecule has 6 nitrogen and oxygen atoms in total. The lowest BCUT2D eigenvalue weighted by Crippen LogP contribution is -2.20. The maximum atomic E-state index is 12.3. The molecule has 7 heteroatoms. The number of likely N-dealkylation sites (N-methyl/N-ethyl adjacent to an activating group) is 1. The molecular formula is C19H20N4O2S. The molecule has 3 aromatic rings. The van der Waals surface area contributed by atoms with Crippen LogP contribution in [0.4, 0.5) is 11.5 Å². The summed E-state index contributed by atoms with van der Waals surface area (Å²) < 4.78 is 27.1. The van der Waals surface area contributed by atoms with Crippen molar-refractivity contribution in [2.45, 2.75) is 11.3 Å². The molecule has 2 aromatic heterocycles. The van der Waals surface area contributed by atoms with E-state index in [1.54, 1.807) is 55.0 Å². The smallest absolute Gasteiger partial charge is 0.263 e. The van der Waals surface area contributed by atoms with Crippen LogP contribution in [0, 0.1) is 0 Å². The first-order valence-electron chi connectivity index (χ1n) is 8.18. The van der Waals surface area contributed by atoms with Gasteiger partial charge in [0.2, 0.25) is 0 Å². The van der Waals surface area contributed by atoms with E-state index in [9.17, 15) is 8.42 Å². The molecule has 0 spiro atoms. The minimum Gasteiger partial charge on any atom is -0.373 e. The van der Waals surface area contributed by atoms with Gasteiger partial charge in [0.1, 0.15) is 5.82 Å². The molecule has 0 aliphatic carbocycles. The van der Waals surface area contributed by atoms with Gasteiger partial charge in [-0.15, -0.1) is 0 Å². The van der Waals surface area contributed by atoms with Crippen LogP contribution in [0.3, 0.4) is 0 Å². The van der Waals surface area contributed by atoms with E-state index >= 15 is 0 Å². The number of rotatable bonds is 7. The van der Waals surface area contributed by atoms with Gasteiger partial charge in [0.05, 0.1) is 16.8 Å². The van der Waals surface area contributed by atoms with Crippen LogP contribution in [0.15, 0.2) is 78.1 Å². The molecule has 1 N–H and O–H groups in total. The summed E-state index contributed by atoms with van der Waals surface area (Å²) in [6, 6.07) is 15.7. The molecule has 0 unspecified atom stereocenters. The Kier molecular flexibility index (Phi) is 5.48. The summed E-state index contributed by atoms with van der Waals surface area (Å²) in [7, 11) is -1.65. The first-order valence-corrected chi connectivity index (χ1v) is 9.67. The van der Waals surface area contributed by atoms with Crippen molar-refractivity contribution in [3.8, 4) is 0 Å². The maximum absolute atomic E-state index is 12.3. The Morgan fingerprint density at radius 3 is 2.38 bits per heavy atom. The summed E-state index contributed by atoms with van der Waals surface area (Å²) in [6.07, 6.45) is 6.12. The van der Waals surface area contributed by atoms with Gasteiger partial charge in [-0.2, -0.15) is 0 Å². The van der Waals surface area contributed by atoms with Crippen molar-refractivity contribution in [3.05, 3.63) is 78.8 Å². The van der Waals surface area contributed by atoms with E-state index in [0.717, 1.165) is 18.7 Å². The van der Waals surface area contributed by atoms with Crippen LogP contribution in [0.2, 0.25) is 0 Å². The molecule has 0 fully saturated rings. The second-order valence-corrected chi connectivity index (χ2v) is 7.53. The largest absolute Gasteiger partial charge is 0.373 e. The van der Waals surface area contributed by atoms with E-state index < -0.39 is 10.0 Å². The molecule has 0 aliphatic heterocycles. The fourth-order valence-corrected chi connectivity index (χ4v) is 3.47. The molecule has 0 saturated carbocycles.